The zero-order valence-corrected chi connectivity index (χ0v) is 13.1. The van der Waals surface area contributed by atoms with Gasteiger partial charge in [0.2, 0.25) is 0 Å². The summed E-state index contributed by atoms with van der Waals surface area (Å²) in [5.41, 5.74) is 0.110. The number of fused-ring (bicyclic) bond motifs is 1. The Bertz CT molecular complexity index is 505. The molecule has 1 aromatic carbocycles. The topological polar surface area (TPSA) is 50.7 Å². The van der Waals surface area contributed by atoms with Gasteiger partial charge in [0.05, 0.1) is 6.10 Å². The molecule has 1 aliphatic carbocycles. The van der Waals surface area contributed by atoms with Gasteiger partial charge < -0.3 is 19.9 Å². The van der Waals surface area contributed by atoms with Crippen LogP contribution < -0.4 is 10.1 Å². The molecule has 2 N–H and O–H groups in total. The first-order valence-electron chi connectivity index (χ1n) is 7.90. The number of aliphatic hydroxyl groups excluding tert-OH is 1. The monoisotopic (exact) mass is 309 g/mol. The van der Waals surface area contributed by atoms with Crippen molar-refractivity contribution in [3.8, 4) is 5.75 Å². The number of benzene rings is 1. The molecular weight excluding hydrogens is 285 g/mol. The number of nitrogens with one attached hydrogen (secondary N) is 1. The van der Waals surface area contributed by atoms with E-state index in [0.717, 1.165) is 13.0 Å². The molecule has 4 nitrogen and oxygen atoms in total. The zero-order valence-electron chi connectivity index (χ0n) is 13.1. The van der Waals surface area contributed by atoms with E-state index in [1.807, 2.05) is 0 Å². The summed E-state index contributed by atoms with van der Waals surface area (Å²) in [6.07, 6.45) is 0.841. The fraction of sp³-hybridized carbons (Fsp3) is 0.647. The van der Waals surface area contributed by atoms with Crippen LogP contribution in [0.25, 0.3) is 0 Å². The fourth-order valence-corrected chi connectivity index (χ4v) is 3.78. The Morgan fingerprint density at radius 2 is 2.14 bits per heavy atom. The zero-order chi connectivity index (χ0) is 15.7. The Balaban J connectivity index is 1.43. The maximum Gasteiger partial charge on any atom is 0.123 e. The van der Waals surface area contributed by atoms with Gasteiger partial charge in [-0.15, -0.1) is 0 Å². The molecule has 0 amide bonds. The number of aliphatic hydroxyl groups is 1. The third-order valence-electron chi connectivity index (χ3n) is 4.93. The predicted molar refractivity (Wildman–Crippen MR) is 81.3 cm³/mol. The van der Waals surface area contributed by atoms with Crippen LogP contribution in [0.15, 0.2) is 24.3 Å². The standard InChI is InChI=1S/C17H24FNO3/c1-17(2)15(14-7-8-21-16(14)17)19-9-12(20)10-22-13-5-3-11(18)4-6-13/h3-6,12,14-16,19-20H,7-10H2,1-2H3. The summed E-state index contributed by atoms with van der Waals surface area (Å²) in [5, 5.41) is 13.5. The van der Waals surface area contributed by atoms with Crippen molar-refractivity contribution in [3.05, 3.63) is 30.1 Å². The third kappa shape index (κ3) is 2.98. The number of rotatable bonds is 6. The van der Waals surface area contributed by atoms with Gasteiger partial charge in [0.1, 0.15) is 24.3 Å². The van der Waals surface area contributed by atoms with Crippen LogP contribution in [-0.2, 0) is 4.74 Å². The predicted octanol–water partition coefficient (Wildman–Crippen LogP) is 1.97. The van der Waals surface area contributed by atoms with Gasteiger partial charge >= 0.3 is 0 Å². The minimum atomic E-state index is -0.595. The van der Waals surface area contributed by atoms with Crippen LogP contribution in [0.4, 0.5) is 4.39 Å². The van der Waals surface area contributed by atoms with E-state index in [9.17, 15) is 9.50 Å². The Morgan fingerprint density at radius 1 is 1.41 bits per heavy atom. The Hall–Kier alpha value is -1.17. The fourth-order valence-electron chi connectivity index (χ4n) is 3.78. The van der Waals surface area contributed by atoms with Crippen molar-refractivity contribution < 1.29 is 19.0 Å². The second kappa shape index (κ2) is 6.14. The van der Waals surface area contributed by atoms with Crippen LogP contribution in [0.3, 0.4) is 0 Å². The summed E-state index contributed by atoms with van der Waals surface area (Å²) >= 11 is 0. The van der Waals surface area contributed by atoms with E-state index in [2.05, 4.69) is 19.2 Å². The van der Waals surface area contributed by atoms with Crippen LogP contribution in [0.5, 0.6) is 5.75 Å². The molecule has 22 heavy (non-hydrogen) atoms. The van der Waals surface area contributed by atoms with Gasteiger partial charge in [-0.05, 0) is 30.7 Å². The molecule has 4 atom stereocenters. The highest BCUT2D eigenvalue weighted by Gasteiger charge is 2.58. The normalized spacial score (nSPS) is 30.5. The van der Waals surface area contributed by atoms with E-state index in [1.165, 1.54) is 12.1 Å². The van der Waals surface area contributed by atoms with Crippen molar-refractivity contribution in [1.29, 1.82) is 0 Å². The molecule has 0 radical (unpaired) electrons. The lowest BCUT2D eigenvalue weighted by atomic mass is 9.57. The highest BCUT2D eigenvalue weighted by Crippen LogP contribution is 2.51. The van der Waals surface area contributed by atoms with Crippen molar-refractivity contribution in [2.24, 2.45) is 11.3 Å². The SMILES string of the molecule is CC1(C)C(NCC(O)COc2ccc(F)cc2)C2CCOC21. The molecule has 2 aliphatic rings. The molecule has 1 heterocycles. The van der Waals surface area contributed by atoms with Gasteiger partial charge in [-0.2, -0.15) is 0 Å². The van der Waals surface area contributed by atoms with Crippen molar-refractivity contribution in [2.45, 2.75) is 38.5 Å². The quantitative estimate of drug-likeness (QED) is 0.843. The lowest BCUT2D eigenvalue weighted by Gasteiger charge is -2.55. The molecule has 3 rings (SSSR count). The molecule has 4 unspecified atom stereocenters. The number of halogens is 1. The van der Waals surface area contributed by atoms with Gasteiger partial charge in [-0.1, -0.05) is 13.8 Å². The van der Waals surface area contributed by atoms with Gasteiger partial charge in [0.25, 0.3) is 0 Å². The van der Waals surface area contributed by atoms with Crippen LogP contribution in [0.2, 0.25) is 0 Å². The first-order valence-corrected chi connectivity index (χ1v) is 7.90. The Labute approximate surface area is 130 Å². The highest BCUT2D eigenvalue weighted by molar-refractivity contribution is 5.22. The van der Waals surface area contributed by atoms with Crippen LogP contribution >= 0.6 is 0 Å². The van der Waals surface area contributed by atoms with Crippen LogP contribution in [-0.4, -0.2) is 43.1 Å². The summed E-state index contributed by atoms with van der Waals surface area (Å²) in [4.78, 5) is 0. The molecule has 0 aromatic heterocycles. The van der Waals surface area contributed by atoms with E-state index in [-0.39, 0.29) is 17.8 Å². The Morgan fingerprint density at radius 3 is 2.86 bits per heavy atom. The third-order valence-corrected chi connectivity index (χ3v) is 4.93. The lowest BCUT2D eigenvalue weighted by molar-refractivity contribution is -0.114. The molecule has 1 aliphatic heterocycles. The molecule has 0 bridgehead atoms. The molecule has 122 valence electrons. The number of hydrogen-bond donors (Lipinski definition) is 2. The molecule has 5 heteroatoms. The number of hydrogen-bond acceptors (Lipinski definition) is 4. The van der Waals surface area contributed by atoms with Gasteiger partial charge in [-0.3, -0.25) is 0 Å². The second-order valence-electron chi connectivity index (χ2n) is 6.87. The molecule has 1 saturated heterocycles. The molecule has 1 saturated carbocycles. The average Bonchev–Trinajstić information content (AvgIpc) is 2.93. The largest absolute Gasteiger partial charge is 0.491 e. The van der Waals surface area contributed by atoms with E-state index >= 15 is 0 Å². The van der Waals surface area contributed by atoms with Gasteiger partial charge in [0, 0.05) is 30.5 Å². The molecule has 2 fully saturated rings. The first kappa shape index (κ1) is 15.7. The summed E-state index contributed by atoms with van der Waals surface area (Å²) in [6, 6.07) is 6.19. The van der Waals surface area contributed by atoms with Crippen LogP contribution in [0, 0.1) is 17.2 Å². The van der Waals surface area contributed by atoms with E-state index in [0.29, 0.717) is 30.4 Å². The minimum absolute atomic E-state index is 0.110. The molecular formula is C17H24FNO3. The lowest BCUT2D eigenvalue weighted by Crippen LogP contribution is -2.66. The maximum absolute atomic E-state index is 12.8. The summed E-state index contributed by atoms with van der Waals surface area (Å²) in [6.45, 7) is 5.93. The van der Waals surface area contributed by atoms with Crippen molar-refractivity contribution in [3.63, 3.8) is 0 Å². The van der Waals surface area contributed by atoms with Gasteiger partial charge in [-0.25, -0.2) is 4.39 Å². The summed E-state index contributed by atoms with van der Waals surface area (Å²) in [5.74, 6) is 0.823. The molecule has 1 aromatic rings. The average molecular weight is 309 g/mol. The van der Waals surface area contributed by atoms with Crippen molar-refractivity contribution >= 4 is 0 Å². The second-order valence-corrected chi connectivity index (χ2v) is 6.87. The number of ether oxygens (including phenoxy) is 2. The van der Waals surface area contributed by atoms with E-state index in [1.54, 1.807) is 12.1 Å². The maximum atomic E-state index is 12.8. The first-order chi connectivity index (χ1) is 10.5. The smallest absolute Gasteiger partial charge is 0.123 e. The summed E-state index contributed by atoms with van der Waals surface area (Å²) < 4.78 is 24.0. The van der Waals surface area contributed by atoms with Crippen molar-refractivity contribution in [1.82, 2.24) is 5.32 Å². The van der Waals surface area contributed by atoms with Crippen molar-refractivity contribution in [2.75, 3.05) is 19.8 Å². The van der Waals surface area contributed by atoms with E-state index in [4.69, 9.17) is 9.47 Å². The van der Waals surface area contributed by atoms with E-state index < -0.39 is 6.10 Å². The van der Waals surface area contributed by atoms with Gasteiger partial charge in [0.15, 0.2) is 0 Å². The molecule has 0 spiro atoms. The Kier molecular flexibility index (Phi) is 4.39. The minimum Gasteiger partial charge on any atom is -0.491 e. The summed E-state index contributed by atoms with van der Waals surface area (Å²) in [7, 11) is 0. The van der Waals surface area contributed by atoms with Crippen LogP contribution in [0.1, 0.15) is 20.3 Å². The highest BCUT2D eigenvalue weighted by atomic mass is 19.1.